The van der Waals surface area contributed by atoms with Crippen molar-refractivity contribution >= 4 is 28.3 Å². The van der Waals surface area contributed by atoms with Crippen LogP contribution >= 0.6 is 28.3 Å². The summed E-state index contributed by atoms with van der Waals surface area (Å²) in [4.78, 5) is 4.04. The number of halogens is 3. The molecule has 3 rings (SSSR count). The summed E-state index contributed by atoms with van der Waals surface area (Å²) in [5.41, 5.74) is 1.57. The second-order valence-electron chi connectivity index (χ2n) is 6.32. The van der Waals surface area contributed by atoms with Gasteiger partial charge in [0, 0.05) is 31.0 Å². The molecule has 0 bridgehead atoms. The van der Waals surface area contributed by atoms with Crippen molar-refractivity contribution in [3.05, 3.63) is 76.5 Å². The smallest absolute Gasteiger partial charge is 0.175 e. The molecule has 2 aromatic carbocycles. The monoisotopic (exact) mass is 483 g/mol. The van der Waals surface area contributed by atoms with E-state index in [4.69, 9.17) is 9.47 Å². The van der Waals surface area contributed by atoms with E-state index in [1.165, 1.54) is 6.07 Å². The van der Waals surface area contributed by atoms with Crippen LogP contribution in [-0.4, -0.2) is 23.2 Å². The lowest BCUT2D eigenvalue weighted by Crippen LogP contribution is -2.16. The summed E-state index contributed by atoms with van der Waals surface area (Å²) >= 11 is 3.54. The summed E-state index contributed by atoms with van der Waals surface area (Å²) in [6.07, 6.45) is 6.58. The Balaban J connectivity index is 0.00000300. The molecule has 0 saturated heterocycles. The molecule has 0 unspecified atom stereocenters. The minimum atomic E-state index is -0.283. The summed E-state index contributed by atoms with van der Waals surface area (Å²) in [5, 5.41) is 3.43. The predicted molar refractivity (Wildman–Crippen MR) is 117 cm³/mol. The number of rotatable bonds is 10. The Bertz CT molecular complexity index is 894. The first kappa shape index (κ1) is 23.2. The number of hydrogen-bond acceptors (Lipinski definition) is 4. The summed E-state index contributed by atoms with van der Waals surface area (Å²) in [5.74, 6) is 0.893. The maximum atomic E-state index is 13.8. The average Bonchev–Trinajstić information content (AvgIpc) is 3.21. The van der Waals surface area contributed by atoms with E-state index in [0.717, 1.165) is 29.5 Å². The lowest BCUT2D eigenvalue weighted by molar-refractivity contribution is 0.277. The number of benzene rings is 2. The maximum absolute atomic E-state index is 13.8. The molecule has 8 heteroatoms. The lowest BCUT2D eigenvalue weighted by atomic mass is 10.2. The molecule has 0 amide bonds. The molecule has 1 aromatic heterocycles. The van der Waals surface area contributed by atoms with Crippen molar-refractivity contribution in [3.8, 4) is 11.5 Å². The van der Waals surface area contributed by atoms with Gasteiger partial charge < -0.3 is 19.4 Å². The highest BCUT2D eigenvalue weighted by Crippen LogP contribution is 2.37. The molecule has 0 spiro atoms. The number of aryl methyl sites for hydroxylation is 1. The zero-order valence-electron chi connectivity index (χ0n) is 16.1. The zero-order chi connectivity index (χ0) is 19.8. The Morgan fingerprint density at radius 3 is 2.79 bits per heavy atom. The molecule has 0 radical (unpaired) electrons. The molecule has 0 aliphatic carbocycles. The molecule has 0 fully saturated rings. The van der Waals surface area contributed by atoms with Gasteiger partial charge in [0.1, 0.15) is 12.4 Å². The Hall–Kier alpha value is -2.09. The third-order valence-electron chi connectivity index (χ3n) is 4.28. The van der Waals surface area contributed by atoms with Crippen LogP contribution in [0.1, 0.15) is 17.5 Å². The quantitative estimate of drug-likeness (QED) is 0.413. The van der Waals surface area contributed by atoms with E-state index < -0.39 is 0 Å². The van der Waals surface area contributed by atoms with Crippen LogP contribution < -0.4 is 14.8 Å². The fourth-order valence-electron chi connectivity index (χ4n) is 2.82. The molecule has 0 saturated carbocycles. The molecule has 0 aliphatic heterocycles. The third-order valence-corrected chi connectivity index (χ3v) is 4.87. The van der Waals surface area contributed by atoms with Crippen LogP contribution in [0, 0.1) is 5.82 Å². The minimum Gasteiger partial charge on any atom is -0.493 e. The van der Waals surface area contributed by atoms with Crippen LogP contribution in [0.2, 0.25) is 0 Å². The summed E-state index contributed by atoms with van der Waals surface area (Å²) in [7, 11) is 1.60. The first-order valence-electron chi connectivity index (χ1n) is 9.06. The summed E-state index contributed by atoms with van der Waals surface area (Å²) in [6.45, 7) is 2.67. The third kappa shape index (κ3) is 6.73. The van der Waals surface area contributed by atoms with Crippen molar-refractivity contribution in [3.63, 3.8) is 0 Å². The average molecular weight is 485 g/mol. The normalized spacial score (nSPS) is 10.4. The van der Waals surface area contributed by atoms with Gasteiger partial charge in [0.15, 0.2) is 11.5 Å². The van der Waals surface area contributed by atoms with Gasteiger partial charge in [-0.3, -0.25) is 0 Å². The fourth-order valence-corrected chi connectivity index (χ4v) is 3.42. The van der Waals surface area contributed by atoms with E-state index in [1.54, 1.807) is 31.5 Å². The van der Waals surface area contributed by atoms with Crippen molar-refractivity contribution in [2.24, 2.45) is 0 Å². The van der Waals surface area contributed by atoms with Crippen LogP contribution in [0.4, 0.5) is 4.39 Å². The Morgan fingerprint density at radius 2 is 2.07 bits per heavy atom. The molecular weight excluding hydrogens is 461 g/mol. The number of ether oxygens (including phenoxy) is 2. The number of aromatic nitrogens is 2. The molecule has 0 atom stereocenters. The van der Waals surface area contributed by atoms with Crippen molar-refractivity contribution in [1.29, 1.82) is 0 Å². The van der Waals surface area contributed by atoms with Gasteiger partial charge in [0.25, 0.3) is 0 Å². The second-order valence-corrected chi connectivity index (χ2v) is 7.17. The maximum Gasteiger partial charge on any atom is 0.175 e. The number of hydrogen-bond donors (Lipinski definition) is 1. The van der Waals surface area contributed by atoms with E-state index in [1.807, 2.05) is 24.7 Å². The van der Waals surface area contributed by atoms with E-state index >= 15 is 0 Å². The van der Waals surface area contributed by atoms with Gasteiger partial charge in [0.05, 0.1) is 17.9 Å². The highest BCUT2D eigenvalue weighted by molar-refractivity contribution is 9.10. The lowest BCUT2D eigenvalue weighted by Gasteiger charge is -2.15. The van der Waals surface area contributed by atoms with Crippen molar-refractivity contribution < 1.29 is 13.9 Å². The first-order chi connectivity index (χ1) is 13.7. The molecule has 1 heterocycles. The molecule has 3 aromatic rings. The highest BCUT2D eigenvalue weighted by Gasteiger charge is 2.13. The minimum absolute atomic E-state index is 0. The van der Waals surface area contributed by atoms with E-state index in [2.05, 4.69) is 30.8 Å². The van der Waals surface area contributed by atoms with Crippen LogP contribution in [0.15, 0.2) is 59.6 Å². The van der Waals surface area contributed by atoms with Gasteiger partial charge in [-0.2, -0.15) is 0 Å². The standard InChI is InChI=1S/C21H23BrFN3O2.ClH/c1-27-20-12-16(13-24-7-4-9-26-10-8-25-15-26)11-18(22)21(20)28-14-17-5-2-3-6-19(17)23;/h2-3,5-6,8,10-12,15,24H,4,7,9,13-14H2,1H3;1H. The fraction of sp³-hybridized carbons (Fsp3) is 0.286. The van der Waals surface area contributed by atoms with Crippen molar-refractivity contribution in [1.82, 2.24) is 14.9 Å². The van der Waals surface area contributed by atoms with Crippen LogP contribution in [0.5, 0.6) is 11.5 Å². The highest BCUT2D eigenvalue weighted by atomic mass is 79.9. The van der Waals surface area contributed by atoms with Gasteiger partial charge in [-0.05, 0) is 52.7 Å². The molecule has 0 aliphatic rings. The Morgan fingerprint density at radius 1 is 1.24 bits per heavy atom. The topological polar surface area (TPSA) is 48.3 Å². The predicted octanol–water partition coefficient (Wildman–Crippen LogP) is 4.97. The molecule has 29 heavy (non-hydrogen) atoms. The SMILES string of the molecule is COc1cc(CNCCCn2ccnc2)cc(Br)c1OCc1ccccc1F.Cl. The van der Waals surface area contributed by atoms with E-state index in [0.29, 0.717) is 23.6 Å². The van der Waals surface area contributed by atoms with E-state index in [9.17, 15) is 4.39 Å². The van der Waals surface area contributed by atoms with Crippen molar-refractivity contribution in [2.45, 2.75) is 26.1 Å². The number of methoxy groups -OCH3 is 1. The molecule has 156 valence electrons. The summed E-state index contributed by atoms with van der Waals surface area (Å²) < 4.78 is 27.9. The Labute approximate surface area is 184 Å². The molecule has 1 N–H and O–H groups in total. The van der Waals surface area contributed by atoms with E-state index in [-0.39, 0.29) is 24.8 Å². The molecule has 5 nitrogen and oxygen atoms in total. The van der Waals surface area contributed by atoms with Crippen molar-refractivity contribution in [2.75, 3.05) is 13.7 Å². The van der Waals surface area contributed by atoms with Crippen LogP contribution in [-0.2, 0) is 19.7 Å². The van der Waals surface area contributed by atoms with Crippen LogP contribution in [0.3, 0.4) is 0 Å². The number of nitrogens with one attached hydrogen (secondary N) is 1. The number of nitrogens with zero attached hydrogens (tertiary/aromatic N) is 2. The second kappa shape index (κ2) is 11.8. The van der Waals surface area contributed by atoms with Gasteiger partial charge in [0.2, 0.25) is 0 Å². The van der Waals surface area contributed by atoms with Gasteiger partial charge in [-0.25, -0.2) is 9.37 Å². The van der Waals surface area contributed by atoms with Gasteiger partial charge >= 0.3 is 0 Å². The summed E-state index contributed by atoms with van der Waals surface area (Å²) in [6, 6.07) is 10.5. The zero-order valence-corrected chi connectivity index (χ0v) is 18.5. The largest absolute Gasteiger partial charge is 0.493 e. The first-order valence-corrected chi connectivity index (χ1v) is 9.85. The van der Waals surface area contributed by atoms with Crippen LogP contribution in [0.25, 0.3) is 0 Å². The van der Waals surface area contributed by atoms with Gasteiger partial charge in [-0.1, -0.05) is 18.2 Å². The number of imidazole rings is 1. The molecular formula is C21H24BrClFN3O2. The Kier molecular flexibility index (Phi) is 9.44. The van der Waals surface area contributed by atoms with Gasteiger partial charge in [-0.15, -0.1) is 12.4 Å².